The zero-order valence-corrected chi connectivity index (χ0v) is 14.0. The summed E-state index contributed by atoms with van der Waals surface area (Å²) in [6, 6.07) is 2.44. The molecule has 3 saturated carbocycles. The number of nitriles is 1. The Labute approximate surface area is 134 Å². The normalized spacial score (nSPS) is 53.7. The Kier molecular flexibility index (Phi) is 3.25. The summed E-state index contributed by atoms with van der Waals surface area (Å²) in [7, 11) is 0. The van der Waals surface area contributed by atoms with Gasteiger partial charge in [0.1, 0.15) is 0 Å². The molecule has 4 aliphatic rings. The number of rotatable bonds is 0. The van der Waals surface area contributed by atoms with E-state index in [9.17, 15) is 10.4 Å². The minimum Gasteiger partial charge on any atom is -0.393 e. The first-order valence-electron chi connectivity index (χ1n) is 9.26. The van der Waals surface area contributed by atoms with Gasteiger partial charge in [-0.2, -0.15) is 5.26 Å². The lowest BCUT2D eigenvalue weighted by atomic mass is 9.45. The fourth-order valence-corrected chi connectivity index (χ4v) is 6.92. The summed E-state index contributed by atoms with van der Waals surface area (Å²) < 4.78 is 0. The van der Waals surface area contributed by atoms with Gasteiger partial charge in [-0.25, -0.2) is 0 Å². The Morgan fingerprint density at radius 3 is 2.73 bits per heavy atom. The number of aliphatic hydroxyl groups is 1. The first-order chi connectivity index (χ1) is 10.5. The fraction of sp³-hybridized carbons (Fsp3) is 0.850. The van der Waals surface area contributed by atoms with E-state index in [-0.39, 0.29) is 11.5 Å². The highest BCUT2D eigenvalue weighted by Gasteiger charge is 2.57. The van der Waals surface area contributed by atoms with Crippen LogP contribution in [0.5, 0.6) is 0 Å². The van der Waals surface area contributed by atoms with Gasteiger partial charge in [0, 0.05) is 5.57 Å². The molecule has 0 aromatic carbocycles. The topological polar surface area (TPSA) is 44.0 Å². The summed E-state index contributed by atoms with van der Waals surface area (Å²) in [4.78, 5) is 0. The second-order valence-corrected chi connectivity index (χ2v) is 9.12. The molecule has 22 heavy (non-hydrogen) atoms. The van der Waals surface area contributed by atoms with Gasteiger partial charge in [0.2, 0.25) is 0 Å². The summed E-state index contributed by atoms with van der Waals surface area (Å²) in [5.74, 6) is 3.05. The number of hydrogen-bond donors (Lipinski definition) is 1. The highest BCUT2D eigenvalue weighted by Crippen LogP contribution is 2.65. The number of fused-ring (bicyclic) bond motifs is 5. The third-order valence-electron chi connectivity index (χ3n) is 8.16. The smallest absolute Gasteiger partial charge is 0.0944 e. The number of hydrogen-bond acceptors (Lipinski definition) is 2. The maximum Gasteiger partial charge on any atom is 0.0944 e. The molecule has 4 aliphatic carbocycles. The molecule has 0 radical (unpaired) electrons. The average molecular weight is 299 g/mol. The van der Waals surface area contributed by atoms with Crippen molar-refractivity contribution in [2.24, 2.45) is 34.5 Å². The number of aliphatic hydroxyl groups excluding tert-OH is 1. The van der Waals surface area contributed by atoms with Gasteiger partial charge in [-0.05, 0) is 85.9 Å². The zero-order chi connectivity index (χ0) is 15.5. The lowest BCUT2D eigenvalue weighted by molar-refractivity contribution is -0.116. The fourth-order valence-electron chi connectivity index (χ4n) is 6.92. The summed E-state index contributed by atoms with van der Waals surface area (Å²) in [6.45, 7) is 4.92. The van der Waals surface area contributed by atoms with Crippen molar-refractivity contribution in [3.05, 3.63) is 11.6 Å². The van der Waals surface area contributed by atoms with Crippen LogP contribution in [0.3, 0.4) is 0 Å². The molecule has 0 bridgehead atoms. The van der Waals surface area contributed by atoms with E-state index in [4.69, 9.17) is 0 Å². The van der Waals surface area contributed by atoms with Crippen molar-refractivity contribution in [2.45, 2.75) is 71.3 Å². The molecule has 2 heteroatoms. The van der Waals surface area contributed by atoms with Crippen molar-refractivity contribution in [2.75, 3.05) is 0 Å². The van der Waals surface area contributed by atoms with Crippen molar-refractivity contribution in [1.82, 2.24) is 0 Å². The summed E-state index contributed by atoms with van der Waals surface area (Å²) >= 11 is 0. The largest absolute Gasteiger partial charge is 0.393 e. The number of allylic oxidation sites excluding steroid dienone is 2. The Morgan fingerprint density at radius 1 is 1.14 bits per heavy atom. The Hall–Kier alpha value is -0.810. The lowest BCUT2D eigenvalue weighted by Crippen LogP contribution is -2.53. The monoisotopic (exact) mass is 299 g/mol. The molecule has 0 amide bonds. The molecule has 0 spiro atoms. The van der Waals surface area contributed by atoms with Crippen LogP contribution < -0.4 is 0 Å². The van der Waals surface area contributed by atoms with Crippen molar-refractivity contribution >= 4 is 0 Å². The highest BCUT2D eigenvalue weighted by atomic mass is 16.3. The Balaban J connectivity index is 1.63. The number of nitrogens with zero attached hydrogens (tertiary/aromatic N) is 1. The van der Waals surface area contributed by atoms with Gasteiger partial charge in [0.25, 0.3) is 0 Å². The van der Waals surface area contributed by atoms with Crippen molar-refractivity contribution in [3.8, 4) is 6.07 Å². The molecule has 0 aliphatic heterocycles. The third-order valence-corrected chi connectivity index (χ3v) is 8.16. The second-order valence-electron chi connectivity index (χ2n) is 9.12. The van der Waals surface area contributed by atoms with Gasteiger partial charge in [-0.15, -0.1) is 0 Å². The van der Waals surface area contributed by atoms with Crippen LogP contribution in [0, 0.1) is 45.8 Å². The van der Waals surface area contributed by atoms with E-state index < -0.39 is 0 Å². The van der Waals surface area contributed by atoms with Crippen LogP contribution in [-0.2, 0) is 0 Å². The minimum atomic E-state index is -0.0539. The summed E-state index contributed by atoms with van der Waals surface area (Å²) in [6.07, 6.45) is 11.7. The van der Waals surface area contributed by atoms with Crippen LogP contribution in [0.1, 0.15) is 65.2 Å². The van der Waals surface area contributed by atoms with Crippen LogP contribution in [-0.4, -0.2) is 11.2 Å². The van der Waals surface area contributed by atoms with Gasteiger partial charge in [0.15, 0.2) is 0 Å². The van der Waals surface area contributed by atoms with E-state index in [0.29, 0.717) is 11.3 Å². The van der Waals surface area contributed by atoms with Gasteiger partial charge >= 0.3 is 0 Å². The molecule has 4 rings (SSSR count). The predicted octanol–water partition coefficient (Wildman–Crippen LogP) is 4.45. The van der Waals surface area contributed by atoms with Gasteiger partial charge < -0.3 is 5.11 Å². The molecule has 0 heterocycles. The van der Waals surface area contributed by atoms with E-state index in [2.05, 4.69) is 26.0 Å². The first-order valence-corrected chi connectivity index (χ1v) is 9.26. The zero-order valence-electron chi connectivity index (χ0n) is 14.0. The molecule has 2 unspecified atom stereocenters. The van der Waals surface area contributed by atoms with Crippen molar-refractivity contribution in [1.29, 1.82) is 5.26 Å². The molecule has 0 aromatic rings. The maximum atomic E-state index is 10.1. The Bertz CT molecular complexity index is 546. The van der Waals surface area contributed by atoms with Crippen LogP contribution in [0.15, 0.2) is 11.6 Å². The molecular formula is C20H29NO. The Morgan fingerprint density at radius 2 is 1.95 bits per heavy atom. The van der Waals surface area contributed by atoms with E-state index in [1.807, 2.05) is 0 Å². The lowest BCUT2D eigenvalue weighted by Gasteiger charge is -2.60. The first kappa shape index (κ1) is 14.8. The molecule has 120 valence electrons. The minimum absolute atomic E-state index is 0.0539. The standard InChI is InChI=1S/C20H29NO/c1-19-7-6-17-16(18(19)9-13(11-19)12-21)4-3-14-10-15(22)5-8-20(14,17)2/h11,14-18,22H,3-10H2,1-2H3/t14?,15?,16-,17+,18+,19-,20+/m1/s1. The van der Waals surface area contributed by atoms with Gasteiger partial charge in [-0.3, -0.25) is 0 Å². The highest BCUT2D eigenvalue weighted by molar-refractivity contribution is 5.32. The van der Waals surface area contributed by atoms with E-state index in [1.165, 1.54) is 32.1 Å². The van der Waals surface area contributed by atoms with E-state index in [0.717, 1.165) is 42.6 Å². The van der Waals surface area contributed by atoms with Crippen molar-refractivity contribution in [3.63, 3.8) is 0 Å². The van der Waals surface area contributed by atoms with E-state index in [1.54, 1.807) is 0 Å². The second kappa shape index (κ2) is 4.84. The van der Waals surface area contributed by atoms with Crippen LogP contribution >= 0.6 is 0 Å². The van der Waals surface area contributed by atoms with Gasteiger partial charge in [-0.1, -0.05) is 19.9 Å². The van der Waals surface area contributed by atoms with Crippen LogP contribution in [0.2, 0.25) is 0 Å². The molecular weight excluding hydrogens is 270 g/mol. The molecule has 7 atom stereocenters. The van der Waals surface area contributed by atoms with E-state index >= 15 is 0 Å². The molecule has 0 saturated heterocycles. The van der Waals surface area contributed by atoms with Gasteiger partial charge in [0.05, 0.1) is 12.2 Å². The maximum absolute atomic E-state index is 10.1. The van der Waals surface area contributed by atoms with Crippen LogP contribution in [0.4, 0.5) is 0 Å². The molecule has 2 nitrogen and oxygen atoms in total. The molecule has 0 aromatic heterocycles. The summed E-state index contributed by atoms with van der Waals surface area (Å²) in [5.41, 5.74) is 1.77. The summed E-state index contributed by atoms with van der Waals surface area (Å²) in [5, 5.41) is 19.4. The predicted molar refractivity (Wildman–Crippen MR) is 86.8 cm³/mol. The SMILES string of the molecule is C[C@@]12C=C(C#N)C[C@H]1[C@@H]1CCC3CC(O)CC[C@]3(C)[C@H]1CC2. The van der Waals surface area contributed by atoms with Crippen LogP contribution in [0.25, 0.3) is 0 Å². The molecule has 3 fully saturated rings. The quantitative estimate of drug-likeness (QED) is 0.718. The average Bonchev–Trinajstić information content (AvgIpc) is 2.85. The van der Waals surface area contributed by atoms with Crippen molar-refractivity contribution < 1.29 is 5.11 Å². The molecule has 1 N–H and O–H groups in total. The third kappa shape index (κ3) is 1.94.